The number of fused-ring (bicyclic) bond motifs is 2. The molecule has 43 heavy (non-hydrogen) atoms. The highest BCUT2D eigenvalue weighted by molar-refractivity contribution is 7.89. The lowest BCUT2D eigenvalue weighted by Gasteiger charge is -2.43. The van der Waals surface area contributed by atoms with Crippen LogP contribution >= 0.6 is 0 Å². The SMILES string of the molecule is CC1C=C(S(=O)(=O)O)C(C)C2=C1C(N)CCN2c1cccc2ccc(-n3cnc4cc(OCC5(C)COC5)ccc43)nc12. The van der Waals surface area contributed by atoms with Gasteiger partial charge in [0.15, 0.2) is 0 Å². The predicted octanol–water partition coefficient (Wildman–Crippen LogP) is 4.84. The van der Waals surface area contributed by atoms with Gasteiger partial charge in [0, 0.05) is 41.1 Å². The van der Waals surface area contributed by atoms with Crippen LogP contribution < -0.4 is 15.4 Å². The Balaban J connectivity index is 1.28. The fourth-order valence-corrected chi connectivity index (χ4v) is 7.58. The Morgan fingerprint density at radius 2 is 1.98 bits per heavy atom. The van der Waals surface area contributed by atoms with Crippen LogP contribution in [0, 0.1) is 17.3 Å². The van der Waals surface area contributed by atoms with Crippen LogP contribution in [0.15, 0.2) is 77.1 Å². The van der Waals surface area contributed by atoms with Gasteiger partial charge < -0.3 is 20.1 Å². The van der Waals surface area contributed by atoms with E-state index < -0.39 is 16.0 Å². The Kier molecular flexibility index (Phi) is 6.62. The summed E-state index contributed by atoms with van der Waals surface area (Å²) in [5.41, 5.74) is 11.8. The smallest absolute Gasteiger partial charge is 0.290 e. The molecule has 224 valence electrons. The predicted molar refractivity (Wildman–Crippen MR) is 166 cm³/mol. The Bertz CT molecular complexity index is 1930. The van der Waals surface area contributed by atoms with E-state index in [1.807, 2.05) is 66.9 Å². The number of allylic oxidation sites excluding steroid dienone is 2. The molecule has 0 spiro atoms. The number of rotatable bonds is 6. The molecule has 10 nitrogen and oxygen atoms in total. The van der Waals surface area contributed by atoms with Gasteiger partial charge >= 0.3 is 0 Å². The Labute approximate surface area is 250 Å². The number of nitrogens with zero attached hydrogens (tertiary/aromatic N) is 4. The van der Waals surface area contributed by atoms with Gasteiger partial charge in [-0.2, -0.15) is 8.42 Å². The third-order valence-corrected chi connectivity index (χ3v) is 10.0. The number of imidazole rings is 1. The van der Waals surface area contributed by atoms with Gasteiger partial charge in [0.2, 0.25) is 0 Å². The van der Waals surface area contributed by atoms with E-state index in [2.05, 4.69) is 16.8 Å². The van der Waals surface area contributed by atoms with Gasteiger partial charge in [-0.15, -0.1) is 0 Å². The normalized spacial score (nSPS) is 23.7. The molecule has 0 amide bonds. The van der Waals surface area contributed by atoms with Crippen LogP contribution in [0.4, 0.5) is 5.69 Å². The number of benzene rings is 2. The van der Waals surface area contributed by atoms with Crippen molar-refractivity contribution in [1.82, 2.24) is 14.5 Å². The highest BCUT2D eigenvalue weighted by Crippen LogP contribution is 2.44. The standard InChI is InChI=1S/C32H35N5O5S/c1-19-13-27(43(38,39)40)20(2)31-29(19)23(33)11-12-36(31)26-6-4-5-21-7-10-28(35-30(21)26)37-18-34-24-14-22(8-9-25(24)37)42-17-32(3)15-41-16-32/h4-10,13-14,18-20,23H,11-12,15-17,33H2,1-3H3,(H,38,39,40). The fourth-order valence-electron chi connectivity index (χ4n) is 6.65. The minimum atomic E-state index is -4.38. The second-order valence-corrected chi connectivity index (χ2v) is 13.7. The molecule has 0 bridgehead atoms. The van der Waals surface area contributed by atoms with Crippen LogP contribution in [-0.2, 0) is 14.9 Å². The van der Waals surface area contributed by atoms with Crippen molar-refractivity contribution in [2.75, 3.05) is 31.3 Å². The van der Waals surface area contributed by atoms with E-state index in [4.69, 9.17) is 20.2 Å². The summed E-state index contributed by atoms with van der Waals surface area (Å²) in [6.07, 6.45) is 4.11. The quantitative estimate of drug-likeness (QED) is 0.298. The van der Waals surface area contributed by atoms with Gasteiger partial charge in [-0.25, -0.2) is 9.97 Å². The van der Waals surface area contributed by atoms with Gasteiger partial charge in [-0.1, -0.05) is 39.0 Å². The molecule has 4 heterocycles. The zero-order valence-electron chi connectivity index (χ0n) is 24.4. The van der Waals surface area contributed by atoms with Gasteiger partial charge in [0.1, 0.15) is 17.9 Å². The molecule has 3 atom stereocenters. The molecule has 3 aliphatic rings. The maximum absolute atomic E-state index is 12.3. The molecule has 2 aromatic heterocycles. The molecule has 11 heteroatoms. The zero-order chi connectivity index (χ0) is 30.1. The molecule has 2 aliphatic heterocycles. The average molecular weight is 602 g/mol. The van der Waals surface area contributed by atoms with Crippen molar-refractivity contribution in [3.63, 3.8) is 0 Å². The van der Waals surface area contributed by atoms with E-state index in [1.54, 1.807) is 12.4 Å². The fraction of sp³-hybridized carbons (Fsp3) is 0.375. The summed E-state index contributed by atoms with van der Waals surface area (Å²) in [5, 5.41) is 0.953. The van der Waals surface area contributed by atoms with Crippen molar-refractivity contribution < 1.29 is 22.4 Å². The van der Waals surface area contributed by atoms with Crippen molar-refractivity contribution in [2.45, 2.75) is 33.2 Å². The lowest BCUT2D eigenvalue weighted by atomic mass is 9.79. The molecule has 1 aliphatic carbocycles. The number of aromatic nitrogens is 3. The number of nitrogens with two attached hydrogens (primary N) is 1. The van der Waals surface area contributed by atoms with Gasteiger partial charge in [-0.05, 0) is 48.2 Å². The van der Waals surface area contributed by atoms with Crippen LogP contribution in [0.3, 0.4) is 0 Å². The number of hydrogen-bond donors (Lipinski definition) is 2. The summed E-state index contributed by atoms with van der Waals surface area (Å²) < 4.78 is 48.1. The number of pyridine rings is 1. The van der Waals surface area contributed by atoms with Crippen molar-refractivity contribution in [3.8, 4) is 11.6 Å². The van der Waals surface area contributed by atoms with Crippen molar-refractivity contribution in [3.05, 3.63) is 77.1 Å². The molecule has 1 fully saturated rings. The number of ether oxygens (including phenoxy) is 2. The topological polar surface area (TPSA) is 133 Å². The van der Waals surface area contributed by atoms with E-state index in [-0.39, 0.29) is 22.3 Å². The minimum Gasteiger partial charge on any atom is -0.493 e. The monoisotopic (exact) mass is 601 g/mol. The van der Waals surface area contributed by atoms with Crippen LogP contribution in [0.1, 0.15) is 27.2 Å². The summed E-state index contributed by atoms with van der Waals surface area (Å²) in [6, 6.07) is 15.7. The third kappa shape index (κ3) is 4.80. The van der Waals surface area contributed by atoms with Crippen molar-refractivity contribution in [1.29, 1.82) is 0 Å². The number of anilines is 1. The first-order valence-electron chi connectivity index (χ1n) is 14.6. The second-order valence-electron chi connectivity index (χ2n) is 12.3. The van der Waals surface area contributed by atoms with E-state index in [0.29, 0.717) is 38.6 Å². The number of para-hydroxylation sites is 1. The van der Waals surface area contributed by atoms with E-state index in [1.165, 1.54) is 0 Å². The molecule has 0 radical (unpaired) electrons. The Morgan fingerprint density at radius 3 is 2.72 bits per heavy atom. The van der Waals surface area contributed by atoms with E-state index >= 15 is 0 Å². The molecule has 2 aromatic carbocycles. The summed E-state index contributed by atoms with van der Waals surface area (Å²) in [4.78, 5) is 11.9. The Hall–Kier alpha value is -3.77. The summed E-state index contributed by atoms with van der Waals surface area (Å²) >= 11 is 0. The van der Waals surface area contributed by atoms with Crippen LogP contribution in [0.25, 0.3) is 27.8 Å². The molecular formula is C32H35N5O5S. The van der Waals surface area contributed by atoms with Crippen LogP contribution in [0.2, 0.25) is 0 Å². The second kappa shape index (κ2) is 10.2. The zero-order valence-corrected chi connectivity index (χ0v) is 25.2. The first-order valence-corrected chi connectivity index (χ1v) is 16.0. The number of hydrogen-bond acceptors (Lipinski definition) is 8. The van der Waals surface area contributed by atoms with Crippen molar-refractivity contribution >= 4 is 37.7 Å². The molecule has 7 rings (SSSR count). The first-order chi connectivity index (χ1) is 20.5. The molecule has 3 N–H and O–H groups in total. The molecule has 0 saturated carbocycles. The van der Waals surface area contributed by atoms with E-state index in [9.17, 15) is 13.0 Å². The maximum atomic E-state index is 12.3. The maximum Gasteiger partial charge on any atom is 0.290 e. The average Bonchev–Trinajstić information content (AvgIpc) is 3.39. The highest BCUT2D eigenvalue weighted by Gasteiger charge is 2.40. The largest absolute Gasteiger partial charge is 0.493 e. The Morgan fingerprint density at radius 1 is 1.16 bits per heavy atom. The van der Waals surface area contributed by atoms with Crippen LogP contribution in [0.5, 0.6) is 5.75 Å². The molecule has 4 aromatic rings. The summed E-state index contributed by atoms with van der Waals surface area (Å²) in [5.74, 6) is 0.692. The molecule has 3 unspecified atom stereocenters. The van der Waals surface area contributed by atoms with Crippen LogP contribution in [-0.4, -0.2) is 59.9 Å². The van der Waals surface area contributed by atoms with Gasteiger partial charge in [0.05, 0.1) is 47.0 Å². The minimum absolute atomic E-state index is 0.00935. The molecule has 1 saturated heterocycles. The van der Waals surface area contributed by atoms with Gasteiger partial charge in [0.25, 0.3) is 10.1 Å². The summed E-state index contributed by atoms with van der Waals surface area (Å²) in [7, 11) is -4.38. The van der Waals surface area contributed by atoms with Gasteiger partial charge in [-0.3, -0.25) is 9.12 Å². The van der Waals surface area contributed by atoms with Crippen molar-refractivity contribution in [2.24, 2.45) is 23.0 Å². The highest BCUT2D eigenvalue weighted by atomic mass is 32.2. The lowest BCUT2D eigenvalue weighted by Crippen LogP contribution is -2.45. The first kappa shape index (κ1) is 28.0. The summed E-state index contributed by atoms with van der Waals surface area (Å²) in [6.45, 7) is 8.50. The third-order valence-electron chi connectivity index (χ3n) is 8.92. The molecular weight excluding hydrogens is 566 g/mol. The lowest BCUT2D eigenvalue weighted by molar-refractivity contribution is -0.120. The van der Waals surface area contributed by atoms with E-state index in [0.717, 1.165) is 44.6 Å².